The third-order valence-corrected chi connectivity index (χ3v) is 2.82. The Kier molecular flexibility index (Phi) is 3.94. The molecule has 0 aliphatic heterocycles. The van der Waals surface area contributed by atoms with E-state index in [2.05, 4.69) is 10.4 Å². The molecule has 5 heteroatoms. The van der Waals surface area contributed by atoms with Gasteiger partial charge in [0.25, 0.3) is 5.91 Å². The zero-order chi connectivity index (χ0) is 13.8. The highest BCUT2D eigenvalue weighted by molar-refractivity contribution is 5.94. The molecule has 4 nitrogen and oxygen atoms in total. The summed E-state index contributed by atoms with van der Waals surface area (Å²) in [5, 5.41) is 6.75. The van der Waals surface area contributed by atoms with Gasteiger partial charge in [0.1, 0.15) is 5.82 Å². The van der Waals surface area contributed by atoms with Gasteiger partial charge in [0.2, 0.25) is 0 Å². The van der Waals surface area contributed by atoms with E-state index in [1.807, 2.05) is 20.2 Å². The first kappa shape index (κ1) is 13.3. The number of nitrogens with one attached hydrogen (secondary N) is 1. The molecule has 0 radical (unpaired) electrons. The summed E-state index contributed by atoms with van der Waals surface area (Å²) < 4.78 is 15.2. The molecule has 0 unspecified atom stereocenters. The van der Waals surface area contributed by atoms with Gasteiger partial charge < -0.3 is 5.32 Å². The van der Waals surface area contributed by atoms with Gasteiger partial charge in [0.15, 0.2) is 0 Å². The van der Waals surface area contributed by atoms with E-state index in [0.717, 1.165) is 11.1 Å². The molecular weight excluding hydrogens is 245 g/mol. The molecular formula is C14H16FN3O. The summed E-state index contributed by atoms with van der Waals surface area (Å²) in [5.74, 6) is -0.880. The summed E-state index contributed by atoms with van der Waals surface area (Å²) in [6, 6.07) is 4.50. The third kappa shape index (κ3) is 3.40. The van der Waals surface area contributed by atoms with Crippen LogP contribution in [0.5, 0.6) is 0 Å². The van der Waals surface area contributed by atoms with Crippen molar-refractivity contribution >= 4 is 5.91 Å². The quantitative estimate of drug-likeness (QED) is 0.913. The molecule has 1 N–H and O–H groups in total. The van der Waals surface area contributed by atoms with Gasteiger partial charge in [0, 0.05) is 19.8 Å². The van der Waals surface area contributed by atoms with Crippen molar-refractivity contribution in [1.82, 2.24) is 15.1 Å². The number of amides is 1. The van der Waals surface area contributed by atoms with Gasteiger partial charge in [-0.1, -0.05) is 11.6 Å². The zero-order valence-corrected chi connectivity index (χ0v) is 11.0. The second kappa shape index (κ2) is 5.65. The van der Waals surface area contributed by atoms with Crippen LogP contribution in [0.1, 0.15) is 21.5 Å². The molecule has 1 amide bonds. The molecule has 0 aliphatic carbocycles. The monoisotopic (exact) mass is 261 g/mol. The van der Waals surface area contributed by atoms with Crippen LogP contribution in [0.4, 0.5) is 4.39 Å². The van der Waals surface area contributed by atoms with E-state index in [1.165, 1.54) is 6.07 Å². The molecule has 0 atom stereocenters. The minimum absolute atomic E-state index is 0.0891. The summed E-state index contributed by atoms with van der Waals surface area (Å²) in [6.07, 6.45) is 4.31. The lowest BCUT2D eigenvalue weighted by atomic mass is 10.1. The first-order valence-electron chi connectivity index (χ1n) is 6.08. The van der Waals surface area contributed by atoms with Gasteiger partial charge in [-0.3, -0.25) is 9.48 Å². The van der Waals surface area contributed by atoms with Crippen molar-refractivity contribution in [1.29, 1.82) is 0 Å². The SMILES string of the molecule is Cc1ccc(F)c(C(=O)NCCc2cnn(C)c2)c1. The molecule has 0 spiro atoms. The molecule has 2 rings (SSSR count). The predicted molar refractivity (Wildman–Crippen MR) is 70.4 cm³/mol. The highest BCUT2D eigenvalue weighted by atomic mass is 19.1. The molecule has 2 aromatic rings. The molecule has 1 heterocycles. The number of nitrogens with zero attached hydrogens (tertiary/aromatic N) is 2. The number of rotatable bonds is 4. The fraction of sp³-hybridized carbons (Fsp3) is 0.286. The molecule has 1 aromatic carbocycles. The Balaban J connectivity index is 1.92. The van der Waals surface area contributed by atoms with E-state index in [9.17, 15) is 9.18 Å². The van der Waals surface area contributed by atoms with Gasteiger partial charge >= 0.3 is 0 Å². The highest BCUT2D eigenvalue weighted by Crippen LogP contribution is 2.09. The lowest BCUT2D eigenvalue weighted by Gasteiger charge is -2.06. The molecule has 0 saturated heterocycles. The molecule has 0 bridgehead atoms. The van der Waals surface area contributed by atoms with E-state index in [-0.39, 0.29) is 11.5 Å². The van der Waals surface area contributed by atoms with Crippen LogP contribution in [-0.4, -0.2) is 22.2 Å². The fourth-order valence-corrected chi connectivity index (χ4v) is 1.83. The van der Waals surface area contributed by atoms with Crippen molar-refractivity contribution in [3.63, 3.8) is 0 Å². The Morgan fingerprint density at radius 1 is 1.47 bits per heavy atom. The van der Waals surface area contributed by atoms with Crippen LogP contribution in [0.3, 0.4) is 0 Å². The standard InChI is InChI=1S/C14H16FN3O/c1-10-3-4-13(15)12(7-10)14(19)16-6-5-11-8-17-18(2)9-11/h3-4,7-9H,5-6H2,1-2H3,(H,16,19). The Bertz CT molecular complexity index is 592. The van der Waals surface area contributed by atoms with Crippen molar-refractivity contribution < 1.29 is 9.18 Å². The Hall–Kier alpha value is -2.17. The normalized spacial score (nSPS) is 10.5. The van der Waals surface area contributed by atoms with E-state index < -0.39 is 5.82 Å². The molecule has 100 valence electrons. The second-order valence-corrected chi connectivity index (χ2v) is 4.51. The van der Waals surface area contributed by atoms with Crippen LogP contribution >= 0.6 is 0 Å². The van der Waals surface area contributed by atoms with E-state index in [4.69, 9.17) is 0 Å². The van der Waals surface area contributed by atoms with Crippen LogP contribution in [0.2, 0.25) is 0 Å². The minimum atomic E-state index is -0.496. The lowest BCUT2D eigenvalue weighted by molar-refractivity contribution is 0.0950. The van der Waals surface area contributed by atoms with Gasteiger partial charge in [-0.15, -0.1) is 0 Å². The number of carbonyl (C=O) groups excluding carboxylic acids is 1. The first-order valence-corrected chi connectivity index (χ1v) is 6.08. The second-order valence-electron chi connectivity index (χ2n) is 4.51. The first-order chi connectivity index (χ1) is 9.06. The number of halogens is 1. The predicted octanol–water partition coefficient (Wildman–Crippen LogP) is 1.84. The third-order valence-electron chi connectivity index (χ3n) is 2.82. The Labute approximate surface area is 111 Å². The van der Waals surface area contributed by atoms with Crippen molar-refractivity contribution in [2.24, 2.45) is 7.05 Å². The molecule has 0 fully saturated rings. The number of benzene rings is 1. The van der Waals surface area contributed by atoms with Gasteiger partial charge in [-0.2, -0.15) is 5.10 Å². The lowest BCUT2D eigenvalue weighted by Crippen LogP contribution is -2.26. The summed E-state index contributed by atoms with van der Waals surface area (Å²) >= 11 is 0. The molecule has 1 aromatic heterocycles. The Morgan fingerprint density at radius 3 is 2.95 bits per heavy atom. The van der Waals surface area contributed by atoms with Crippen LogP contribution in [-0.2, 0) is 13.5 Å². The number of hydrogen-bond acceptors (Lipinski definition) is 2. The molecule has 0 saturated carbocycles. The smallest absolute Gasteiger partial charge is 0.254 e. The number of aryl methyl sites for hydroxylation is 2. The summed E-state index contributed by atoms with van der Waals surface area (Å²) in [6.45, 7) is 2.28. The Morgan fingerprint density at radius 2 is 2.26 bits per heavy atom. The van der Waals surface area contributed by atoms with Crippen molar-refractivity contribution in [2.75, 3.05) is 6.54 Å². The summed E-state index contributed by atoms with van der Waals surface area (Å²) in [5.41, 5.74) is 1.98. The number of carbonyl (C=O) groups is 1. The molecule has 19 heavy (non-hydrogen) atoms. The minimum Gasteiger partial charge on any atom is -0.352 e. The maximum Gasteiger partial charge on any atom is 0.254 e. The fourth-order valence-electron chi connectivity index (χ4n) is 1.83. The van der Waals surface area contributed by atoms with Crippen molar-refractivity contribution in [3.05, 3.63) is 53.1 Å². The van der Waals surface area contributed by atoms with Gasteiger partial charge in [0.05, 0.1) is 11.8 Å². The van der Waals surface area contributed by atoms with Crippen molar-refractivity contribution in [3.8, 4) is 0 Å². The molecule has 0 aliphatic rings. The summed E-state index contributed by atoms with van der Waals surface area (Å²) in [7, 11) is 1.84. The summed E-state index contributed by atoms with van der Waals surface area (Å²) in [4.78, 5) is 11.8. The van der Waals surface area contributed by atoms with Crippen LogP contribution < -0.4 is 5.32 Å². The van der Waals surface area contributed by atoms with Crippen LogP contribution in [0, 0.1) is 12.7 Å². The maximum absolute atomic E-state index is 13.5. The van der Waals surface area contributed by atoms with E-state index >= 15 is 0 Å². The van der Waals surface area contributed by atoms with Crippen LogP contribution in [0.15, 0.2) is 30.6 Å². The average Bonchev–Trinajstić information content (AvgIpc) is 2.78. The number of hydrogen-bond donors (Lipinski definition) is 1. The van der Waals surface area contributed by atoms with E-state index in [1.54, 1.807) is 23.0 Å². The zero-order valence-electron chi connectivity index (χ0n) is 11.0. The number of aromatic nitrogens is 2. The highest BCUT2D eigenvalue weighted by Gasteiger charge is 2.11. The van der Waals surface area contributed by atoms with Gasteiger partial charge in [-0.05, 0) is 31.0 Å². The largest absolute Gasteiger partial charge is 0.352 e. The van der Waals surface area contributed by atoms with Crippen LogP contribution in [0.25, 0.3) is 0 Å². The van der Waals surface area contributed by atoms with E-state index in [0.29, 0.717) is 13.0 Å². The maximum atomic E-state index is 13.5. The average molecular weight is 261 g/mol. The van der Waals surface area contributed by atoms with Crippen molar-refractivity contribution in [2.45, 2.75) is 13.3 Å². The topological polar surface area (TPSA) is 46.9 Å². The van der Waals surface area contributed by atoms with Gasteiger partial charge in [-0.25, -0.2) is 4.39 Å².